The molecule has 4 heteroatoms. The van der Waals surface area contributed by atoms with Gasteiger partial charge in [-0.3, -0.25) is 4.68 Å². The molecule has 5 rings (SSSR count). The zero-order valence-electron chi connectivity index (χ0n) is 10.6. The molecule has 4 fully saturated rings. The lowest BCUT2D eigenvalue weighted by atomic mass is 9.53. The topological polar surface area (TPSA) is 43.8 Å². The molecule has 1 heterocycles. The van der Waals surface area contributed by atoms with Gasteiger partial charge in [-0.2, -0.15) is 5.10 Å². The largest absolute Gasteiger partial charge is 0.325 e. The second kappa shape index (κ2) is 3.73. The summed E-state index contributed by atoms with van der Waals surface area (Å²) in [5.74, 6) is 2.76. The van der Waals surface area contributed by atoms with Crippen molar-refractivity contribution < 1.29 is 0 Å². The van der Waals surface area contributed by atoms with Crippen molar-refractivity contribution in [1.82, 2.24) is 9.78 Å². The predicted molar refractivity (Wildman–Crippen MR) is 71.3 cm³/mol. The van der Waals surface area contributed by atoms with Crippen LogP contribution in [0.15, 0.2) is 6.20 Å². The second-order valence-corrected chi connectivity index (χ2v) is 7.10. The van der Waals surface area contributed by atoms with Crippen LogP contribution in [0.5, 0.6) is 0 Å². The molecule has 3 nitrogen and oxygen atoms in total. The maximum absolute atomic E-state index is 6.22. The third kappa shape index (κ3) is 1.44. The molecule has 0 amide bonds. The van der Waals surface area contributed by atoms with Gasteiger partial charge in [-0.15, -0.1) is 0 Å². The van der Waals surface area contributed by atoms with Crippen LogP contribution in [0, 0.1) is 17.8 Å². The van der Waals surface area contributed by atoms with Crippen molar-refractivity contribution in [3.05, 3.63) is 16.9 Å². The molecular weight excluding hydrogens is 246 g/mol. The SMILES string of the molecule is NCc1c(Cl)cnn1C12CC3CC(CC(C3)C1)C2. The highest BCUT2D eigenvalue weighted by atomic mass is 35.5. The van der Waals surface area contributed by atoms with E-state index in [1.54, 1.807) is 6.20 Å². The van der Waals surface area contributed by atoms with Gasteiger partial charge in [0.05, 0.1) is 22.5 Å². The van der Waals surface area contributed by atoms with Crippen LogP contribution in [-0.2, 0) is 12.1 Å². The highest BCUT2D eigenvalue weighted by Gasteiger charge is 2.52. The maximum atomic E-state index is 6.22. The summed E-state index contributed by atoms with van der Waals surface area (Å²) in [6, 6.07) is 0. The molecule has 18 heavy (non-hydrogen) atoms. The summed E-state index contributed by atoms with van der Waals surface area (Å²) >= 11 is 6.22. The predicted octanol–water partition coefficient (Wildman–Crippen LogP) is 2.92. The normalized spacial score (nSPS) is 41.6. The second-order valence-electron chi connectivity index (χ2n) is 6.70. The van der Waals surface area contributed by atoms with E-state index in [0.29, 0.717) is 6.54 Å². The van der Waals surface area contributed by atoms with Gasteiger partial charge in [0.2, 0.25) is 0 Å². The number of nitrogens with two attached hydrogens (primary N) is 1. The fourth-order valence-electron chi connectivity index (χ4n) is 5.27. The molecule has 0 atom stereocenters. The van der Waals surface area contributed by atoms with Gasteiger partial charge in [0.15, 0.2) is 0 Å². The number of nitrogens with zero attached hydrogens (tertiary/aromatic N) is 2. The van der Waals surface area contributed by atoms with Crippen LogP contribution in [0.1, 0.15) is 44.2 Å². The molecule has 0 radical (unpaired) electrons. The Labute approximate surface area is 113 Å². The van der Waals surface area contributed by atoms with Crippen LogP contribution in [0.2, 0.25) is 5.02 Å². The van der Waals surface area contributed by atoms with E-state index in [2.05, 4.69) is 9.78 Å². The summed E-state index contributed by atoms with van der Waals surface area (Å²) in [5, 5.41) is 5.33. The van der Waals surface area contributed by atoms with E-state index in [4.69, 9.17) is 17.3 Å². The van der Waals surface area contributed by atoms with Crippen molar-refractivity contribution in [2.24, 2.45) is 23.5 Å². The van der Waals surface area contributed by atoms with Crippen LogP contribution >= 0.6 is 11.6 Å². The van der Waals surface area contributed by atoms with Gasteiger partial charge >= 0.3 is 0 Å². The number of rotatable bonds is 2. The Kier molecular flexibility index (Phi) is 2.34. The van der Waals surface area contributed by atoms with Gasteiger partial charge in [-0.1, -0.05) is 11.6 Å². The molecule has 0 spiro atoms. The molecule has 4 aliphatic carbocycles. The first-order chi connectivity index (χ1) is 8.70. The monoisotopic (exact) mass is 265 g/mol. The molecule has 4 aliphatic rings. The van der Waals surface area contributed by atoms with E-state index in [1.807, 2.05) is 0 Å². The van der Waals surface area contributed by atoms with Crippen LogP contribution in [0.4, 0.5) is 0 Å². The van der Waals surface area contributed by atoms with Crippen LogP contribution in [0.3, 0.4) is 0 Å². The number of aromatic nitrogens is 2. The molecule has 0 aromatic carbocycles. The Hall–Kier alpha value is -0.540. The Morgan fingerprint density at radius 3 is 2.28 bits per heavy atom. The molecular formula is C14H20ClN3. The van der Waals surface area contributed by atoms with Crippen molar-refractivity contribution in [1.29, 1.82) is 0 Å². The number of halogens is 1. The standard InChI is InChI=1S/C14H20ClN3/c15-12-8-17-18(13(12)7-16)14-4-9-1-10(5-14)3-11(2-9)6-14/h8-11H,1-7,16H2. The highest BCUT2D eigenvalue weighted by Crippen LogP contribution is 2.59. The lowest BCUT2D eigenvalue weighted by Gasteiger charge is -2.57. The van der Waals surface area contributed by atoms with Gasteiger partial charge in [0.25, 0.3) is 0 Å². The lowest BCUT2D eigenvalue weighted by Crippen LogP contribution is -2.52. The Morgan fingerprint density at radius 2 is 1.78 bits per heavy atom. The van der Waals surface area contributed by atoms with E-state index < -0.39 is 0 Å². The number of hydrogen-bond donors (Lipinski definition) is 1. The molecule has 2 N–H and O–H groups in total. The summed E-state index contributed by atoms with van der Waals surface area (Å²) < 4.78 is 2.21. The zero-order valence-corrected chi connectivity index (χ0v) is 11.4. The van der Waals surface area contributed by atoms with Gasteiger partial charge in [0.1, 0.15) is 0 Å². The van der Waals surface area contributed by atoms with E-state index in [1.165, 1.54) is 38.5 Å². The van der Waals surface area contributed by atoms with Crippen molar-refractivity contribution in [2.45, 2.75) is 50.6 Å². The Morgan fingerprint density at radius 1 is 1.22 bits per heavy atom. The molecule has 0 aliphatic heterocycles. The highest BCUT2D eigenvalue weighted by molar-refractivity contribution is 6.31. The summed E-state index contributed by atoms with van der Waals surface area (Å²) in [7, 11) is 0. The average Bonchev–Trinajstić information content (AvgIpc) is 2.69. The molecule has 98 valence electrons. The first kappa shape index (κ1) is 11.3. The third-order valence-corrected chi connectivity index (χ3v) is 5.78. The van der Waals surface area contributed by atoms with Gasteiger partial charge in [0, 0.05) is 6.54 Å². The smallest absolute Gasteiger partial charge is 0.0831 e. The minimum absolute atomic E-state index is 0.247. The van der Waals surface area contributed by atoms with Crippen LogP contribution in [0.25, 0.3) is 0 Å². The van der Waals surface area contributed by atoms with Crippen molar-refractivity contribution in [2.75, 3.05) is 0 Å². The van der Waals surface area contributed by atoms with E-state index in [-0.39, 0.29) is 5.54 Å². The molecule has 1 aromatic rings. The fraction of sp³-hybridized carbons (Fsp3) is 0.786. The lowest BCUT2D eigenvalue weighted by molar-refractivity contribution is -0.0507. The molecule has 0 unspecified atom stereocenters. The summed E-state index contributed by atoms with van der Waals surface area (Å²) in [4.78, 5) is 0. The first-order valence-corrected chi connectivity index (χ1v) is 7.51. The van der Waals surface area contributed by atoms with Crippen LogP contribution < -0.4 is 5.73 Å². The third-order valence-electron chi connectivity index (χ3n) is 5.47. The van der Waals surface area contributed by atoms with Crippen LogP contribution in [-0.4, -0.2) is 9.78 Å². The van der Waals surface area contributed by atoms with Gasteiger partial charge < -0.3 is 5.73 Å². The molecule has 0 saturated heterocycles. The zero-order chi connectivity index (χ0) is 12.3. The molecule has 4 saturated carbocycles. The Balaban J connectivity index is 1.79. The average molecular weight is 266 g/mol. The van der Waals surface area contributed by atoms with Crippen molar-refractivity contribution in [3.63, 3.8) is 0 Å². The summed E-state index contributed by atoms with van der Waals surface area (Å²) in [6.07, 6.45) is 10.0. The quantitative estimate of drug-likeness (QED) is 0.894. The first-order valence-electron chi connectivity index (χ1n) is 7.13. The molecule has 1 aromatic heterocycles. The van der Waals surface area contributed by atoms with E-state index in [0.717, 1.165) is 28.5 Å². The van der Waals surface area contributed by atoms with Crippen molar-refractivity contribution in [3.8, 4) is 0 Å². The summed E-state index contributed by atoms with van der Waals surface area (Å²) in [5.41, 5.74) is 7.16. The van der Waals surface area contributed by atoms with E-state index >= 15 is 0 Å². The molecule has 4 bridgehead atoms. The summed E-state index contributed by atoms with van der Waals surface area (Å²) in [6.45, 7) is 0.501. The van der Waals surface area contributed by atoms with Crippen molar-refractivity contribution >= 4 is 11.6 Å². The van der Waals surface area contributed by atoms with Gasteiger partial charge in [-0.25, -0.2) is 0 Å². The van der Waals surface area contributed by atoms with Gasteiger partial charge in [-0.05, 0) is 56.3 Å². The minimum atomic E-state index is 0.247. The van der Waals surface area contributed by atoms with E-state index in [9.17, 15) is 0 Å². The number of hydrogen-bond acceptors (Lipinski definition) is 2. The maximum Gasteiger partial charge on any atom is 0.0831 e. The fourth-order valence-corrected chi connectivity index (χ4v) is 5.47. The Bertz CT molecular complexity index is 444. The minimum Gasteiger partial charge on any atom is -0.325 e.